The van der Waals surface area contributed by atoms with Gasteiger partial charge in [0, 0.05) is 20.7 Å². The van der Waals surface area contributed by atoms with Crippen molar-refractivity contribution in [2.75, 3.05) is 5.32 Å². The van der Waals surface area contributed by atoms with Crippen molar-refractivity contribution < 1.29 is 9.90 Å². The summed E-state index contributed by atoms with van der Waals surface area (Å²) in [5, 5.41) is 25.9. The van der Waals surface area contributed by atoms with Gasteiger partial charge in [0.25, 0.3) is 0 Å². The van der Waals surface area contributed by atoms with Crippen LogP contribution in [0.3, 0.4) is 0 Å². The monoisotopic (exact) mass is 387 g/mol. The maximum Gasteiger partial charge on any atom is 0.357 e. The first-order chi connectivity index (χ1) is 12.1. The van der Waals surface area contributed by atoms with E-state index in [9.17, 15) is 9.90 Å². The number of carboxylic acid groups (broad SMARTS) is 1. The molecule has 1 aromatic carbocycles. The van der Waals surface area contributed by atoms with E-state index in [0.717, 1.165) is 21.5 Å². The zero-order valence-electron chi connectivity index (χ0n) is 12.6. The zero-order chi connectivity index (χ0) is 17.4. The molecule has 0 saturated carbocycles. The van der Waals surface area contributed by atoms with Gasteiger partial charge in [0.1, 0.15) is 0 Å². The van der Waals surface area contributed by atoms with E-state index in [-0.39, 0.29) is 5.69 Å². The van der Waals surface area contributed by atoms with E-state index in [1.54, 1.807) is 23.5 Å². The molecule has 0 saturated heterocycles. The van der Waals surface area contributed by atoms with Crippen LogP contribution in [0.5, 0.6) is 0 Å². The highest BCUT2D eigenvalue weighted by Crippen LogP contribution is 2.38. The van der Waals surface area contributed by atoms with Crippen molar-refractivity contribution in [2.45, 2.75) is 0 Å². The Kier molecular flexibility index (Phi) is 4.12. The lowest BCUT2D eigenvalue weighted by atomic mass is 10.1. The van der Waals surface area contributed by atoms with Gasteiger partial charge in [-0.3, -0.25) is 0 Å². The van der Waals surface area contributed by atoms with Gasteiger partial charge >= 0.3 is 5.97 Å². The summed E-state index contributed by atoms with van der Waals surface area (Å²) in [6, 6.07) is 11.3. The summed E-state index contributed by atoms with van der Waals surface area (Å²) in [5.74, 6) is -0.557. The highest BCUT2D eigenvalue weighted by atomic mass is 35.5. The topological polar surface area (TPSA) is 75.1 Å². The third-order valence-electron chi connectivity index (χ3n) is 3.57. The molecule has 8 heteroatoms. The molecular weight excluding hydrogens is 378 g/mol. The maximum atomic E-state index is 11.5. The molecule has 0 aliphatic carbocycles. The highest BCUT2D eigenvalue weighted by molar-refractivity contribution is 7.22. The quantitative estimate of drug-likeness (QED) is 0.482. The zero-order valence-corrected chi connectivity index (χ0v) is 15.0. The number of aromatic nitrogens is 2. The third kappa shape index (κ3) is 3.09. The number of rotatable bonds is 4. The summed E-state index contributed by atoms with van der Waals surface area (Å²) in [5.41, 5.74) is 1.81. The molecule has 0 aliphatic heterocycles. The van der Waals surface area contributed by atoms with Gasteiger partial charge in [-0.25, -0.2) is 4.79 Å². The normalized spacial score (nSPS) is 10.9. The fourth-order valence-electron chi connectivity index (χ4n) is 2.40. The minimum atomic E-state index is -1.09. The molecule has 0 bridgehead atoms. The molecule has 4 rings (SSSR count). The Hall–Kier alpha value is -2.48. The van der Waals surface area contributed by atoms with Crippen LogP contribution in [0.4, 0.5) is 11.5 Å². The number of hydrogen-bond acceptors (Lipinski definition) is 6. The lowest BCUT2D eigenvalue weighted by Gasteiger charge is -2.04. The Morgan fingerprint density at radius 2 is 1.96 bits per heavy atom. The highest BCUT2D eigenvalue weighted by Gasteiger charge is 2.19. The first-order valence-corrected chi connectivity index (χ1v) is 9.34. The van der Waals surface area contributed by atoms with Crippen LogP contribution in [0.25, 0.3) is 20.5 Å². The predicted octanol–water partition coefficient (Wildman–Crippen LogP) is 5.52. The van der Waals surface area contributed by atoms with E-state index >= 15 is 0 Å². The minimum Gasteiger partial charge on any atom is -0.476 e. The standard InChI is InChI=1S/C17H10ClN3O2S2/c18-10-3-1-9(2-4-10)13-7-12-15(25-13)14(17(22)23)20-21-16(12)19-11-5-6-24-8-11/h1-8H,(H,19,21)(H,22,23). The number of carboxylic acids is 1. The molecule has 0 fully saturated rings. The summed E-state index contributed by atoms with van der Waals surface area (Å²) in [7, 11) is 0. The van der Waals surface area contributed by atoms with Gasteiger partial charge in [-0.05, 0) is 35.2 Å². The smallest absolute Gasteiger partial charge is 0.357 e. The number of nitrogens with zero attached hydrogens (tertiary/aromatic N) is 2. The van der Waals surface area contributed by atoms with Crippen molar-refractivity contribution in [1.82, 2.24) is 10.2 Å². The van der Waals surface area contributed by atoms with E-state index in [0.29, 0.717) is 15.5 Å². The van der Waals surface area contributed by atoms with Crippen LogP contribution in [-0.4, -0.2) is 21.3 Å². The molecule has 0 spiro atoms. The van der Waals surface area contributed by atoms with E-state index < -0.39 is 5.97 Å². The SMILES string of the molecule is O=C(O)c1nnc(Nc2ccsc2)c2cc(-c3ccc(Cl)cc3)sc12. The fraction of sp³-hybridized carbons (Fsp3) is 0. The van der Waals surface area contributed by atoms with Crippen LogP contribution in [0, 0.1) is 0 Å². The van der Waals surface area contributed by atoms with Crippen LogP contribution in [0.1, 0.15) is 10.5 Å². The van der Waals surface area contributed by atoms with Gasteiger partial charge in [0.15, 0.2) is 11.5 Å². The van der Waals surface area contributed by atoms with Crippen LogP contribution >= 0.6 is 34.3 Å². The number of hydrogen-bond donors (Lipinski definition) is 2. The number of anilines is 2. The first-order valence-electron chi connectivity index (χ1n) is 7.20. The Balaban J connectivity index is 1.88. The summed E-state index contributed by atoms with van der Waals surface area (Å²) in [6.45, 7) is 0. The fourth-order valence-corrected chi connectivity index (χ4v) is 4.26. The Morgan fingerprint density at radius 3 is 2.64 bits per heavy atom. The third-order valence-corrected chi connectivity index (χ3v) is 5.69. The van der Waals surface area contributed by atoms with Gasteiger partial charge in [-0.1, -0.05) is 23.7 Å². The van der Waals surface area contributed by atoms with Crippen LogP contribution in [0.15, 0.2) is 47.2 Å². The van der Waals surface area contributed by atoms with Crippen molar-refractivity contribution in [3.05, 3.63) is 57.9 Å². The summed E-state index contributed by atoms with van der Waals surface area (Å²) in [6.07, 6.45) is 0. The molecule has 3 aromatic heterocycles. The molecule has 0 radical (unpaired) electrons. The van der Waals surface area contributed by atoms with Gasteiger partial charge < -0.3 is 10.4 Å². The second kappa shape index (κ2) is 6.44. The van der Waals surface area contributed by atoms with Gasteiger partial charge in [0.2, 0.25) is 0 Å². The average Bonchev–Trinajstić information content (AvgIpc) is 3.25. The van der Waals surface area contributed by atoms with Crippen LogP contribution in [-0.2, 0) is 0 Å². The van der Waals surface area contributed by atoms with E-state index in [1.807, 2.05) is 35.0 Å². The second-order valence-corrected chi connectivity index (χ2v) is 7.47. The molecule has 0 atom stereocenters. The Bertz CT molecular complexity index is 1060. The lowest BCUT2D eigenvalue weighted by Crippen LogP contribution is -2.04. The summed E-state index contributed by atoms with van der Waals surface area (Å²) in [4.78, 5) is 12.4. The van der Waals surface area contributed by atoms with Gasteiger partial charge in [-0.15, -0.1) is 21.5 Å². The largest absolute Gasteiger partial charge is 0.476 e. The molecular formula is C17H10ClN3O2S2. The van der Waals surface area contributed by atoms with Crippen molar-refractivity contribution in [2.24, 2.45) is 0 Å². The van der Waals surface area contributed by atoms with Crippen molar-refractivity contribution >= 4 is 61.8 Å². The summed E-state index contributed by atoms with van der Waals surface area (Å²) < 4.78 is 0.588. The van der Waals surface area contributed by atoms with E-state index in [4.69, 9.17) is 11.6 Å². The van der Waals surface area contributed by atoms with Crippen LogP contribution < -0.4 is 5.32 Å². The van der Waals surface area contributed by atoms with E-state index in [1.165, 1.54) is 11.3 Å². The maximum absolute atomic E-state index is 11.5. The molecule has 5 nitrogen and oxygen atoms in total. The lowest BCUT2D eigenvalue weighted by molar-refractivity contribution is 0.0692. The predicted molar refractivity (Wildman–Crippen MR) is 102 cm³/mol. The molecule has 0 unspecified atom stereocenters. The number of thiophene rings is 2. The number of halogens is 1. The second-order valence-electron chi connectivity index (χ2n) is 5.20. The minimum absolute atomic E-state index is 0.0453. The van der Waals surface area contributed by atoms with Crippen LogP contribution in [0.2, 0.25) is 5.02 Å². The number of benzene rings is 1. The molecule has 3 heterocycles. The number of nitrogens with one attached hydrogen (secondary N) is 1. The summed E-state index contributed by atoms with van der Waals surface area (Å²) >= 11 is 8.88. The van der Waals surface area contributed by atoms with Crippen molar-refractivity contribution in [1.29, 1.82) is 0 Å². The molecule has 4 aromatic rings. The Morgan fingerprint density at radius 1 is 1.16 bits per heavy atom. The molecule has 0 amide bonds. The molecule has 0 aliphatic rings. The first kappa shape index (κ1) is 16.0. The molecule has 124 valence electrons. The van der Waals surface area contributed by atoms with Gasteiger partial charge in [0.05, 0.1) is 10.4 Å². The van der Waals surface area contributed by atoms with Gasteiger partial charge in [-0.2, -0.15) is 11.3 Å². The molecule has 2 N–H and O–H groups in total. The van der Waals surface area contributed by atoms with E-state index in [2.05, 4.69) is 15.5 Å². The average molecular weight is 388 g/mol. The van der Waals surface area contributed by atoms with Crippen molar-refractivity contribution in [3.63, 3.8) is 0 Å². The number of carbonyl (C=O) groups is 1. The Labute approximate surface area is 155 Å². The van der Waals surface area contributed by atoms with Crippen molar-refractivity contribution in [3.8, 4) is 10.4 Å². The number of aromatic carboxylic acids is 1. The number of fused-ring (bicyclic) bond motifs is 1. The molecule has 25 heavy (non-hydrogen) atoms.